The minimum absolute atomic E-state index is 0.0131. The third kappa shape index (κ3) is 5.20. The first kappa shape index (κ1) is 27.7. The van der Waals surface area contributed by atoms with Gasteiger partial charge in [0.15, 0.2) is 5.01 Å². The van der Waals surface area contributed by atoms with Crippen molar-refractivity contribution in [1.29, 1.82) is 0 Å². The van der Waals surface area contributed by atoms with Gasteiger partial charge in [0.2, 0.25) is 0 Å². The van der Waals surface area contributed by atoms with Crippen LogP contribution in [0.25, 0.3) is 10.4 Å². The third-order valence-electron chi connectivity index (χ3n) is 7.52. The summed E-state index contributed by atoms with van der Waals surface area (Å²) in [6.07, 6.45) is -5.44. The second-order valence-electron chi connectivity index (χ2n) is 10.4. The lowest BCUT2D eigenvalue weighted by molar-refractivity contribution is -0.176. The molecule has 3 aliphatic rings. The van der Waals surface area contributed by atoms with E-state index in [1.165, 1.54) is 6.92 Å². The van der Waals surface area contributed by atoms with Gasteiger partial charge < -0.3 is 19.9 Å². The van der Waals surface area contributed by atoms with Crippen LogP contribution in [0.3, 0.4) is 0 Å². The lowest BCUT2D eigenvalue weighted by Crippen LogP contribution is -2.67. The molecule has 2 aromatic rings. The molecule has 8 nitrogen and oxygen atoms in total. The van der Waals surface area contributed by atoms with Gasteiger partial charge in [-0.05, 0) is 32.3 Å². The minimum atomic E-state index is -4.60. The molecule has 2 atom stereocenters. The number of nitrogens with one attached hydrogen (secondary N) is 1. The Bertz CT molecular complexity index is 1260. The van der Waals surface area contributed by atoms with Crippen LogP contribution in [-0.2, 0) is 4.74 Å². The molecule has 0 aliphatic carbocycles. The van der Waals surface area contributed by atoms with Crippen LogP contribution >= 0.6 is 11.3 Å². The fourth-order valence-corrected chi connectivity index (χ4v) is 6.30. The van der Waals surface area contributed by atoms with Crippen molar-refractivity contribution in [2.24, 2.45) is 5.41 Å². The number of likely N-dealkylation sites (tertiary alicyclic amines) is 2. The summed E-state index contributed by atoms with van der Waals surface area (Å²) in [5, 5.41) is 2.16. The number of hydrogen-bond donors (Lipinski definition) is 1. The number of aromatic nitrogens is 2. The van der Waals surface area contributed by atoms with Gasteiger partial charge in [-0.1, -0.05) is 6.92 Å². The molecule has 39 heavy (non-hydrogen) atoms. The highest BCUT2D eigenvalue weighted by Crippen LogP contribution is 2.42. The van der Waals surface area contributed by atoms with E-state index < -0.39 is 36.0 Å². The Hall–Kier alpha value is -2.87. The zero-order chi connectivity index (χ0) is 28.1. The van der Waals surface area contributed by atoms with E-state index in [0.29, 0.717) is 32.8 Å². The number of alkyl halides is 5. The molecule has 0 bridgehead atoms. The Morgan fingerprint density at radius 3 is 2.51 bits per heavy atom. The summed E-state index contributed by atoms with van der Waals surface area (Å²) in [6, 6.07) is -1.20. The van der Waals surface area contributed by atoms with E-state index in [-0.39, 0.29) is 44.8 Å². The topological polar surface area (TPSA) is 87.7 Å². The van der Waals surface area contributed by atoms with Crippen molar-refractivity contribution in [2.45, 2.75) is 57.8 Å². The molecule has 2 amide bonds. The SMILES string of the molecule is CC[C@H](Nc1cc(C(F)F)c(-c2sc(C(=O)N3CC4(COC4)C3)nc2C(=O)N2CCC[C@@H]2C)cn1)C(F)(F)F. The van der Waals surface area contributed by atoms with Crippen molar-refractivity contribution >= 4 is 29.0 Å². The predicted octanol–water partition coefficient (Wildman–Crippen LogP) is 4.99. The van der Waals surface area contributed by atoms with Crippen molar-refractivity contribution in [3.8, 4) is 10.4 Å². The van der Waals surface area contributed by atoms with Crippen LogP contribution < -0.4 is 5.32 Å². The summed E-state index contributed by atoms with van der Waals surface area (Å²) >= 11 is 0.818. The normalized spacial score (nSPS) is 21.2. The van der Waals surface area contributed by atoms with E-state index in [4.69, 9.17) is 4.74 Å². The first-order chi connectivity index (χ1) is 18.4. The van der Waals surface area contributed by atoms with Crippen molar-refractivity contribution in [2.75, 3.05) is 38.2 Å². The summed E-state index contributed by atoms with van der Waals surface area (Å²) < 4.78 is 73.5. The number of ether oxygens (including phenoxy) is 1. The van der Waals surface area contributed by atoms with Crippen LogP contribution in [0.4, 0.5) is 27.8 Å². The second-order valence-corrected chi connectivity index (χ2v) is 11.4. The molecule has 1 N–H and O–H groups in total. The molecule has 2 aromatic heterocycles. The number of amides is 2. The molecule has 1 spiro atoms. The molecule has 0 radical (unpaired) electrons. The molecule has 5 rings (SSSR count). The van der Waals surface area contributed by atoms with Crippen LogP contribution in [0, 0.1) is 5.41 Å². The number of carbonyl (C=O) groups is 2. The van der Waals surface area contributed by atoms with Crippen LogP contribution in [0.2, 0.25) is 0 Å². The zero-order valence-electron chi connectivity index (χ0n) is 21.4. The van der Waals surface area contributed by atoms with Crippen molar-refractivity contribution in [1.82, 2.24) is 19.8 Å². The summed E-state index contributed by atoms with van der Waals surface area (Å²) in [5.74, 6) is -1.26. The van der Waals surface area contributed by atoms with Crippen molar-refractivity contribution in [3.05, 3.63) is 28.5 Å². The summed E-state index contributed by atoms with van der Waals surface area (Å²) in [5.41, 5.74) is -0.938. The van der Waals surface area contributed by atoms with Crippen LogP contribution in [0.5, 0.6) is 0 Å². The van der Waals surface area contributed by atoms with Crippen LogP contribution in [0.15, 0.2) is 12.3 Å². The third-order valence-corrected chi connectivity index (χ3v) is 8.60. The zero-order valence-corrected chi connectivity index (χ0v) is 22.2. The average molecular weight is 574 g/mol. The number of rotatable bonds is 7. The lowest BCUT2D eigenvalue weighted by atomic mass is 9.78. The highest BCUT2D eigenvalue weighted by molar-refractivity contribution is 7.17. The van der Waals surface area contributed by atoms with Crippen molar-refractivity contribution in [3.63, 3.8) is 0 Å². The van der Waals surface area contributed by atoms with E-state index in [1.54, 1.807) is 9.80 Å². The number of thiazole rings is 1. The quantitative estimate of drug-likeness (QED) is 0.470. The number of halogens is 5. The highest BCUT2D eigenvalue weighted by Gasteiger charge is 2.51. The van der Waals surface area contributed by atoms with Gasteiger partial charge in [0.25, 0.3) is 18.2 Å². The van der Waals surface area contributed by atoms with E-state index in [0.717, 1.165) is 36.4 Å². The molecule has 212 valence electrons. The minimum Gasteiger partial charge on any atom is -0.380 e. The predicted molar refractivity (Wildman–Crippen MR) is 133 cm³/mol. The smallest absolute Gasteiger partial charge is 0.380 e. The Labute approximate surface area is 225 Å². The number of carbonyl (C=O) groups excluding carboxylic acids is 2. The maximum absolute atomic E-state index is 14.3. The van der Waals surface area contributed by atoms with E-state index >= 15 is 0 Å². The van der Waals surface area contributed by atoms with Gasteiger partial charge in [-0.25, -0.2) is 18.7 Å². The first-order valence-electron chi connectivity index (χ1n) is 12.7. The maximum Gasteiger partial charge on any atom is 0.408 e. The van der Waals surface area contributed by atoms with Crippen molar-refractivity contribution < 1.29 is 36.3 Å². The van der Waals surface area contributed by atoms with Crippen LogP contribution in [-0.4, -0.2) is 82.7 Å². The van der Waals surface area contributed by atoms with Crippen LogP contribution in [0.1, 0.15) is 65.4 Å². The van der Waals surface area contributed by atoms with Gasteiger partial charge in [-0.3, -0.25) is 9.59 Å². The molecule has 14 heteroatoms. The summed E-state index contributed by atoms with van der Waals surface area (Å²) in [7, 11) is 0. The highest BCUT2D eigenvalue weighted by atomic mass is 32.1. The number of hydrogen-bond acceptors (Lipinski definition) is 7. The standard InChI is InChI=1S/C25H28F5N5O3S/c1-3-16(25(28,29)30)32-17-7-14(20(26)27)15(8-31-17)19-18(22(36)35-6-4-5-13(35)2)33-21(39-19)23(37)34-9-24(10-34)11-38-12-24/h7-8,13,16,20H,3-6,9-12H2,1-2H3,(H,31,32)/t13-,16-/m0/s1. The van der Waals surface area contributed by atoms with Gasteiger partial charge in [0, 0.05) is 43.0 Å². The largest absolute Gasteiger partial charge is 0.408 e. The fraction of sp³-hybridized carbons (Fsp3) is 0.600. The Kier molecular flexibility index (Phi) is 7.29. The van der Waals surface area contributed by atoms with Gasteiger partial charge in [-0.15, -0.1) is 11.3 Å². The van der Waals surface area contributed by atoms with Gasteiger partial charge in [0.05, 0.1) is 23.5 Å². The van der Waals surface area contributed by atoms with Gasteiger partial charge in [0.1, 0.15) is 17.6 Å². The molecule has 3 fully saturated rings. The van der Waals surface area contributed by atoms with E-state index in [2.05, 4.69) is 15.3 Å². The summed E-state index contributed by atoms with van der Waals surface area (Å²) in [4.78, 5) is 38.3. The Morgan fingerprint density at radius 2 is 1.97 bits per heavy atom. The Balaban J connectivity index is 1.52. The van der Waals surface area contributed by atoms with Gasteiger partial charge in [-0.2, -0.15) is 13.2 Å². The molecular formula is C25H28F5N5O3S. The number of anilines is 1. The molecule has 3 saturated heterocycles. The molecule has 0 unspecified atom stereocenters. The summed E-state index contributed by atoms with van der Waals surface area (Å²) in [6.45, 7) is 5.75. The Morgan fingerprint density at radius 1 is 1.26 bits per heavy atom. The first-order valence-corrected chi connectivity index (χ1v) is 13.5. The molecule has 3 aliphatic heterocycles. The second kappa shape index (κ2) is 10.3. The average Bonchev–Trinajstić information content (AvgIpc) is 3.46. The maximum atomic E-state index is 14.3. The number of nitrogens with zero attached hydrogens (tertiary/aromatic N) is 4. The molecular weight excluding hydrogens is 545 g/mol. The monoisotopic (exact) mass is 573 g/mol. The molecule has 0 saturated carbocycles. The molecule has 0 aromatic carbocycles. The number of pyridine rings is 1. The molecule has 5 heterocycles. The van der Waals surface area contributed by atoms with E-state index in [9.17, 15) is 31.5 Å². The lowest BCUT2D eigenvalue weighted by Gasteiger charge is -2.54. The van der Waals surface area contributed by atoms with E-state index in [1.807, 2.05) is 6.92 Å². The van der Waals surface area contributed by atoms with Gasteiger partial charge >= 0.3 is 6.18 Å². The fourth-order valence-electron chi connectivity index (χ4n) is 5.24.